The Morgan fingerprint density at radius 2 is 1.50 bits per heavy atom. The number of halogens is 1. The first-order valence-electron chi connectivity index (χ1n) is 1.06. The Balaban J connectivity index is 2.32. The van der Waals surface area contributed by atoms with Crippen molar-refractivity contribution in [3.63, 3.8) is 0 Å². The van der Waals surface area contributed by atoms with E-state index in [1.807, 2.05) is 0 Å². The quantitative estimate of drug-likeness (QED) is 0.440. The molecule has 0 aliphatic carbocycles. The summed E-state index contributed by atoms with van der Waals surface area (Å²) in [5.41, 5.74) is 4.60. The van der Waals surface area contributed by atoms with Crippen molar-refractivity contribution in [1.29, 1.82) is 0 Å². The zero-order valence-corrected chi connectivity index (χ0v) is 6.86. The topological polar surface area (TPSA) is 0 Å². The zero-order chi connectivity index (χ0) is 3.58. The molecular formula is C2H6AsI. The predicted octanol–water partition coefficient (Wildman–Crippen LogP) is 1.67. The standard InChI is InChI=1S/C2H6AsI/c1-3(2)4/h1-2H3. The molecule has 0 N–H and O–H groups in total. The molecule has 0 rings (SSSR count). The average molecular weight is 232 g/mol. The van der Waals surface area contributed by atoms with Gasteiger partial charge in [0.1, 0.15) is 0 Å². The van der Waals surface area contributed by atoms with Gasteiger partial charge in [0.25, 0.3) is 0 Å². The van der Waals surface area contributed by atoms with Crippen molar-refractivity contribution in [2.45, 2.75) is 11.4 Å². The zero-order valence-electron chi connectivity index (χ0n) is 2.83. The Morgan fingerprint density at radius 1 is 1.50 bits per heavy atom. The van der Waals surface area contributed by atoms with Crippen molar-refractivity contribution in [3.05, 3.63) is 0 Å². The van der Waals surface area contributed by atoms with Gasteiger partial charge in [-0.25, -0.2) is 0 Å². The molecule has 0 fully saturated rings. The van der Waals surface area contributed by atoms with Gasteiger partial charge in [-0.1, -0.05) is 0 Å². The minimum atomic E-state index is -0.218. The van der Waals surface area contributed by atoms with Crippen LogP contribution in [0.4, 0.5) is 0 Å². The van der Waals surface area contributed by atoms with Crippen LogP contribution in [-0.4, -0.2) is 11.3 Å². The first-order valence-corrected chi connectivity index (χ1v) is 10.5. The van der Waals surface area contributed by atoms with Crippen molar-refractivity contribution in [1.82, 2.24) is 0 Å². The van der Waals surface area contributed by atoms with Crippen molar-refractivity contribution in [2.75, 3.05) is 0 Å². The first-order chi connectivity index (χ1) is 1.73. The molecule has 26 valence electrons. The summed E-state index contributed by atoms with van der Waals surface area (Å²) in [7, 11) is 0. The normalized spacial score (nSPS) is 9.00. The Kier molecular flexibility index (Phi) is 3.33. The van der Waals surface area contributed by atoms with Crippen molar-refractivity contribution < 1.29 is 0 Å². The van der Waals surface area contributed by atoms with Crippen LogP contribution in [0.25, 0.3) is 0 Å². The summed E-state index contributed by atoms with van der Waals surface area (Å²) in [4.78, 5) is 0. The van der Waals surface area contributed by atoms with E-state index in [1.165, 1.54) is 0 Å². The van der Waals surface area contributed by atoms with Crippen LogP contribution in [-0.2, 0) is 0 Å². The summed E-state index contributed by atoms with van der Waals surface area (Å²) in [5, 5.41) is 0. The molecule has 0 aliphatic rings. The van der Waals surface area contributed by atoms with E-state index in [1.54, 1.807) is 0 Å². The minimum absolute atomic E-state index is 0.218. The summed E-state index contributed by atoms with van der Waals surface area (Å²) < 4.78 is 0. The van der Waals surface area contributed by atoms with E-state index in [9.17, 15) is 0 Å². The van der Waals surface area contributed by atoms with Gasteiger partial charge in [-0.05, 0) is 0 Å². The Morgan fingerprint density at radius 3 is 1.50 bits per heavy atom. The summed E-state index contributed by atoms with van der Waals surface area (Å²) >= 11 is 2.27. The summed E-state index contributed by atoms with van der Waals surface area (Å²) in [6.45, 7) is 0. The van der Waals surface area contributed by atoms with E-state index < -0.39 is 0 Å². The number of hydrogen-bond acceptors (Lipinski definition) is 0. The molecule has 0 bridgehead atoms. The van der Waals surface area contributed by atoms with E-state index in [0.29, 0.717) is 0 Å². The van der Waals surface area contributed by atoms with Gasteiger partial charge >= 0.3 is 42.9 Å². The van der Waals surface area contributed by atoms with E-state index in [4.69, 9.17) is 0 Å². The number of hydrogen-bond donors (Lipinski definition) is 0. The van der Waals surface area contributed by atoms with Crippen LogP contribution in [0.3, 0.4) is 0 Å². The van der Waals surface area contributed by atoms with E-state index in [-0.39, 0.29) is 11.3 Å². The SMILES string of the molecule is C[As](C)I. The molecule has 4 heavy (non-hydrogen) atoms. The molecule has 0 atom stereocenters. The Bertz CT molecular complexity index is 10.8. The second-order valence-electron chi connectivity index (χ2n) is 0.785. The van der Waals surface area contributed by atoms with Crippen LogP contribution in [0, 0.1) is 0 Å². The molecule has 0 saturated carbocycles. The van der Waals surface area contributed by atoms with Crippen LogP contribution < -0.4 is 0 Å². The second-order valence-corrected chi connectivity index (χ2v) is 14.1. The van der Waals surface area contributed by atoms with Gasteiger partial charge < -0.3 is 0 Å². The fourth-order valence-electron chi connectivity index (χ4n) is 0. The van der Waals surface area contributed by atoms with Gasteiger partial charge in [0.2, 0.25) is 0 Å². The molecule has 0 heterocycles. The molecule has 0 spiro atoms. The van der Waals surface area contributed by atoms with Crippen LogP contribution >= 0.6 is 20.1 Å². The molecule has 0 radical (unpaired) electrons. The molecule has 0 unspecified atom stereocenters. The van der Waals surface area contributed by atoms with Crippen LogP contribution in [0.15, 0.2) is 0 Å². The molecule has 0 aromatic heterocycles. The van der Waals surface area contributed by atoms with Gasteiger partial charge in [-0.15, -0.1) is 0 Å². The van der Waals surface area contributed by atoms with Crippen molar-refractivity contribution in [3.8, 4) is 0 Å². The van der Waals surface area contributed by atoms with E-state index in [0.717, 1.165) is 0 Å². The molecule has 0 amide bonds. The molecular weight excluding hydrogens is 226 g/mol. The molecule has 0 aromatic carbocycles. The fourth-order valence-corrected chi connectivity index (χ4v) is 0. The van der Waals surface area contributed by atoms with E-state index in [2.05, 4.69) is 31.6 Å². The predicted molar refractivity (Wildman–Crippen MR) is 31.5 cm³/mol. The van der Waals surface area contributed by atoms with Crippen LogP contribution in [0.1, 0.15) is 0 Å². The molecule has 0 saturated heterocycles. The molecule has 2 heteroatoms. The third-order valence-corrected chi connectivity index (χ3v) is 0. The van der Waals surface area contributed by atoms with Crippen molar-refractivity contribution >= 4 is 31.4 Å². The average Bonchev–Trinajstić information content (AvgIpc) is 0.811. The summed E-state index contributed by atoms with van der Waals surface area (Å²) in [5.74, 6) is 0. The number of rotatable bonds is 0. The molecule has 0 aliphatic heterocycles. The van der Waals surface area contributed by atoms with Crippen LogP contribution in [0.2, 0.25) is 11.4 Å². The van der Waals surface area contributed by atoms with Gasteiger partial charge in [0, 0.05) is 0 Å². The third-order valence-electron chi connectivity index (χ3n) is 0. The Hall–Kier alpha value is 1.29. The van der Waals surface area contributed by atoms with E-state index >= 15 is 0 Å². The maximum absolute atomic E-state index is 2.49. The second kappa shape index (κ2) is 2.52. The first kappa shape index (κ1) is 5.29. The fraction of sp³-hybridized carbons (Fsp3) is 1.00. The van der Waals surface area contributed by atoms with Gasteiger partial charge in [0.05, 0.1) is 0 Å². The molecule has 0 aromatic rings. The monoisotopic (exact) mass is 232 g/mol. The van der Waals surface area contributed by atoms with Gasteiger partial charge in [-0.2, -0.15) is 0 Å². The van der Waals surface area contributed by atoms with Gasteiger partial charge in [-0.3, -0.25) is 0 Å². The maximum atomic E-state index is 2.49. The third kappa shape index (κ3) is 10.4. The van der Waals surface area contributed by atoms with Crippen molar-refractivity contribution in [2.24, 2.45) is 0 Å². The van der Waals surface area contributed by atoms with Gasteiger partial charge in [0.15, 0.2) is 0 Å². The summed E-state index contributed by atoms with van der Waals surface area (Å²) in [6.07, 6.45) is 0. The van der Waals surface area contributed by atoms with Crippen LogP contribution in [0.5, 0.6) is 0 Å². The summed E-state index contributed by atoms with van der Waals surface area (Å²) in [6, 6.07) is 0. The Labute approximate surface area is 42.8 Å². The molecule has 0 nitrogen and oxygen atoms in total.